The van der Waals surface area contributed by atoms with Gasteiger partial charge in [0.15, 0.2) is 0 Å². The SMILES string of the molecule is CC(C)c1ccc(N2C(=O)CC(N(Cc3ccc(F)cc3)C(=O)C34CC5CC(CC(C5)C3)C4)C2=O)cc1. The summed E-state index contributed by atoms with van der Waals surface area (Å²) >= 11 is 0. The van der Waals surface area contributed by atoms with Gasteiger partial charge in [0.25, 0.3) is 5.91 Å². The minimum atomic E-state index is -0.845. The molecule has 0 N–H and O–H groups in total. The zero-order valence-corrected chi connectivity index (χ0v) is 21.7. The third kappa shape index (κ3) is 4.28. The monoisotopic (exact) mass is 502 g/mol. The molecule has 3 amide bonds. The standard InChI is InChI=1S/C31H35FN2O3/c1-19(2)24-5-9-26(10-6-24)34-28(35)14-27(29(34)36)33(18-20-3-7-25(32)8-4-20)30(37)31-15-21-11-22(16-31)13-23(12-21)17-31/h3-10,19,21-23,27H,11-18H2,1-2H3. The number of amides is 3. The van der Waals surface area contributed by atoms with Gasteiger partial charge in [0.1, 0.15) is 11.9 Å². The molecule has 37 heavy (non-hydrogen) atoms. The number of anilines is 1. The first-order valence-corrected chi connectivity index (χ1v) is 13.7. The molecule has 0 aromatic heterocycles. The van der Waals surface area contributed by atoms with Crippen molar-refractivity contribution in [1.82, 2.24) is 4.90 Å². The number of nitrogens with zero attached hydrogens (tertiary/aromatic N) is 2. The van der Waals surface area contributed by atoms with Gasteiger partial charge in [0.2, 0.25) is 11.8 Å². The van der Waals surface area contributed by atoms with Gasteiger partial charge in [-0.25, -0.2) is 9.29 Å². The molecule has 1 heterocycles. The summed E-state index contributed by atoms with van der Waals surface area (Å²) in [4.78, 5) is 44.4. The number of hydrogen-bond donors (Lipinski definition) is 0. The Hall–Kier alpha value is -3.02. The first-order valence-electron chi connectivity index (χ1n) is 13.7. The average Bonchev–Trinajstić information content (AvgIpc) is 3.16. The first kappa shape index (κ1) is 24.3. The summed E-state index contributed by atoms with van der Waals surface area (Å²) in [7, 11) is 0. The fourth-order valence-electron chi connectivity index (χ4n) is 7.93. The largest absolute Gasteiger partial charge is 0.325 e. The zero-order chi connectivity index (χ0) is 25.9. The van der Waals surface area contributed by atoms with Gasteiger partial charge < -0.3 is 4.90 Å². The normalized spacial score (nSPS) is 30.4. The summed E-state index contributed by atoms with van der Waals surface area (Å²) in [5.74, 6) is 1.14. The fraction of sp³-hybridized carbons (Fsp3) is 0.516. The van der Waals surface area contributed by atoms with E-state index in [1.54, 1.807) is 17.0 Å². The second-order valence-electron chi connectivity index (χ2n) is 12.3. The van der Waals surface area contributed by atoms with Gasteiger partial charge in [-0.2, -0.15) is 0 Å². The van der Waals surface area contributed by atoms with Crippen LogP contribution in [0.25, 0.3) is 0 Å². The third-order valence-corrected chi connectivity index (χ3v) is 9.34. The van der Waals surface area contributed by atoms with Crippen molar-refractivity contribution in [1.29, 1.82) is 0 Å². The van der Waals surface area contributed by atoms with E-state index in [4.69, 9.17) is 0 Å². The lowest BCUT2D eigenvalue weighted by molar-refractivity contribution is -0.162. The van der Waals surface area contributed by atoms with E-state index in [2.05, 4.69) is 13.8 Å². The Morgan fingerprint density at radius 1 is 0.946 bits per heavy atom. The first-order chi connectivity index (χ1) is 17.7. The molecule has 0 spiro atoms. The van der Waals surface area contributed by atoms with Crippen molar-refractivity contribution in [2.24, 2.45) is 23.2 Å². The van der Waals surface area contributed by atoms with Crippen LogP contribution < -0.4 is 4.90 Å². The van der Waals surface area contributed by atoms with E-state index in [0.717, 1.165) is 30.4 Å². The molecule has 1 atom stereocenters. The highest BCUT2D eigenvalue weighted by Gasteiger charge is 2.57. The van der Waals surface area contributed by atoms with Crippen molar-refractivity contribution in [3.05, 3.63) is 65.5 Å². The van der Waals surface area contributed by atoms with Crippen molar-refractivity contribution >= 4 is 23.4 Å². The summed E-state index contributed by atoms with van der Waals surface area (Å²) in [6, 6.07) is 12.8. The minimum Gasteiger partial charge on any atom is -0.325 e. The van der Waals surface area contributed by atoms with Crippen LogP contribution in [0.3, 0.4) is 0 Å². The molecule has 6 heteroatoms. The molecule has 7 rings (SSSR count). The van der Waals surface area contributed by atoms with E-state index >= 15 is 0 Å². The van der Waals surface area contributed by atoms with E-state index < -0.39 is 11.5 Å². The maximum atomic E-state index is 14.4. The maximum absolute atomic E-state index is 14.4. The van der Waals surface area contributed by atoms with Gasteiger partial charge in [-0.15, -0.1) is 0 Å². The van der Waals surface area contributed by atoms with Gasteiger partial charge in [-0.1, -0.05) is 38.1 Å². The molecule has 2 aromatic carbocycles. The molecule has 1 aliphatic heterocycles. The lowest BCUT2D eigenvalue weighted by Gasteiger charge is -2.57. The smallest absolute Gasteiger partial charge is 0.257 e. The van der Waals surface area contributed by atoms with Gasteiger partial charge in [0, 0.05) is 6.54 Å². The third-order valence-electron chi connectivity index (χ3n) is 9.34. The van der Waals surface area contributed by atoms with Crippen molar-refractivity contribution in [3.63, 3.8) is 0 Å². The number of hydrogen-bond acceptors (Lipinski definition) is 3. The summed E-state index contributed by atoms with van der Waals surface area (Å²) < 4.78 is 13.6. The molecule has 194 valence electrons. The topological polar surface area (TPSA) is 57.7 Å². The molecule has 1 saturated heterocycles. The van der Waals surface area contributed by atoms with E-state index in [9.17, 15) is 18.8 Å². The quantitative estimate of drug-likeness (QED) is 0.467. The summed E-state index contributed by atoms with van der Waals surface area (Å²) in [5.41, 5.74) is 2.00. The van der Waals surface area contributed by atoms with Crippen molar-refractivity contribution < 1.29 is 18.8 Å². The highest BCUT2D eigenvalue weighted by Crippen LogP contribution is 2.60. The zero-order valence-electron chi connectivity index (χ0n) is 21.7. The van der Waals surface area contributed by atoms with Gasteiger partial charge in [0.05, 0.1) is 17.5 Å². The number of benzene rings is 2. The molecule has 0 radical (unpaired) electrons. The van der Waals surface area contributed by atoms with Crippen LogP contribution in [0.5, 0.6) is 0 Å². The van der Waals surface area contributed by atoms with Gasteiger partial charge >= 0.3 is 0 Å². The van der Waals surface area contributed by atoms with E-state index in [-0.39, 0.29) is 36.5 Å². The Morgan fingerprint density at radius 2 is 1.51 bits per heavy atom. The maximum Gasteiger partial charge on any atom is 0.257 e. The van der Waals surface area contributed by atoms with Crippen LogP contribution in [0.2, 0.25) is 0 Å². The van der Waals surface area contributed by atoms with Crippen LogP contribution in [0.15, 0.2) is 48.5 Å². The lowest BCUT2D eigenvalue weighted by atomic mass is 9.49. The number of imide groups is 1. The second kappa shape index (κ2) is 9.07. The number of halogens is 1. The molecule has 5 fully saturated rings. The predicted octanol–water partition coefficient (Wildman–Crippen LogP) is 5.83. The average molecular weight is 503 g/mol. The summed E-state index contributed by atoms with van der Waals surface area (Å²) in [6.45, 7) is 4.39. The van der Waals surface area contributed by atoms with Crippen LogP contribution in [0.4, 0.5) is 10.1 Å². The lowest BCUT2D eigenvalue weighted by Crippen LogP contribution is -2.57. The predicted molar refractivity (Wildman–Crippen MR) is 139 cm³/mol. The fourth-order valence-corrected chi connectivity index (χ4v) is 7.93. The summed E-state index contributed by atoms with van der Waals surface area (Å²) in [5, 5.41) is 0. The Balaban J connectivity index is 1.32. The van der Waals surface area contributed by atoms with Crippen molar-refractivity contribution in [2.75, 3.05) is 4.90 Å². The number of carbonyl (C=O) groups excluding carboxylic acids is 3. The minimum absolute atomic E-state index is 0.0130. The van der Waals surface area contributed by atoms with Gasteiger partial charge in [-0.3, -0.25) is 14.4 Å². The summed E-state index contributed by atoms with van der Waals surface area (Å²) in [6.07, 6.45) is 6.26. The number of carbonyl (C=O) groups is 3. The Bertz CT molecular complexity index is 1180. The van der Waals surface area contributed by atoms with Crippen LogP contribution >= 0.6 is 0 Å². The molecule has 4 aliphatic carbocycles. The molecule has 4 saturated carbocycles. The van der Waals surface area contributed by atoms with Crippen LogP contribution in [0.1, 0.15) is 75.8 Å². The van der Waals surface area contributed by atoms with E-state index in [1.807, 2.05) is 24.3 Å². The van der Waals surface area contributed by atoms with Gasteiger partial charge in [-0.05, 0) is 97.6 Å². The molecular formula is C31H35FN2O3. The molecule has 5 aliphatic rings. The Labute approximate surface area is 218 Å². The number of rotatable bonds is 6. The van der Waals surface area contributed by atoms with E-state index in [1.165, 1.54) is 36.3 Å². The molecule has 4 bridgehead atoms. The molecule has 5 nitrogen and oxygen atoms in total. The second-order valence-corrected chi connectivity index (χ2v) is 12.3. The van der Waals surface area contributed by atoms with Crippen LogP contribution in [0, 0.1) is 29.0 Å². The molecule has 2 aromatic rings. The van der Waals surface area contributed by atoms with Crippen LogP contribution in [-0.2, 0) is 20.9 Å². The van der Waals surface area contributed by atoms with Crippen molar-refractivity contribution in [2.45, 2.75) is 77.3 Å². The van der Waals surface area contributed by atoms with Crippen LogP contribution in [-0.4, -0.2) is 28.7 Å². The van der Waals surface area contributed by atoms with E-state index in [0.29, 0.717) is 29.4 Å². The highest BCUT2D eigenvalue weighted by molar-refractivity contribution is 6.23. The Kier molecular flexibility index (Phi) is 5.96. The highest BCUT2D eigenvalue weighted by atomic mass is 19.1. The Morgan fingerprint density at radius 3 is 2.05 bits per heavy atom. The molecule has 1 unspecified atom stereocenters. The molecular weight excluding hydrogens is 467 g/mol. The van der Waals surface area contributed by atoms with Crippen molar-refractivity contribution in [3.8, 4) is 0 Å².